The van der Waals surface area contributed by atoms with Gasteiger partial charge in [0.2, 0.25) is 0 Å². The van der Waals surface area contributed by atoms with Crippen molar-refractivity contribution in [3.63, 3.8) is 0 Å². The summed E-state index contributed by atoms with van der Waals surface area (Å²) in [6, 6.07) is 0. The van der Waals surface area contributed by atoms with Crippen LogP contribution in [0.1, 0.15) is 37.6 Å². The fraction of sp³-hybridized carbons (Fsp3) is 0.700. The Morgan fingerprint density at radius 1 is 1.25 bits per heavy atom. The van der Waals surface area contributed by atoms with Gasteiger partial charge >= 0.3 is 0 Å². The molecule has 0 bridgehead atoms. The lowest BCUT2D eigenvalue weighted by atomic mass is 9.90. The third kappa shape index (κ3) is 4.31. The number of fused-ring (bicyclic) bond motifs is 3. The highest BCUT2D eigenvalue weighted by molar-refractivity contribution is 7.99. The van der Waals surface area contributed by atoms with Crippen LogP contribution in [-0.4, -0.2) is 65.6 Å². The number of aromatic nitrogens is 2. The lowest BCUT2D eigenvalue weighted by Gasteiger charge is -2.33. The molecule has 0 aromatic carbocycles. The number of thioether (sulfide) groups is 1. The average molecular weight is 423 g/mol. The Morgan fingerprint density at radius 2 is 2.07 bits per heavy atom. The average Bonchev–Trinajstić information content (AvgIpc) is 3.06. The number of ether oxygens (including phenoxy) is 2. The number of nitrogens with zero attached hydrogens (tertiary/aromatic N) is 3. The van der Waals surface area contributed by atoms with Crippen molar-refractivity contribution in [2.45, 2.75) is 51.0 Å². The first-order chi connectivity index (χ1) is 13.6. The molecule has 154 valence electrons. The Bertz CT molecular complexity index is 822. The first-order valence-electron chi connectivity index (χ1n) is 10.2. The van der Waals surface area contributed by atoms with Gasteiger partial charge in [0.25, 0.3) is 0 Å². The summed E-state index contributed by atoms with van der Waals surface area (Å²) in [4.78, 5) is 14.6. The van der Waals surface area contributed by atoms with Gasteiger partial charge in [-0.1, -0.05) is 25.6 Å². The van der Waals surface area contributed by atoms with Gasteiger partial charge in [0.05, 0.1) is 30.8 Å². The Morgan fingerprint density at radius 3 is 2.82 bits per heavy atom. The molecule has 1 N–H and O–H groups in total. The number of thiophene rings is 1. The van der Waals surface area contributed by atoms with Gasteiger partial charge in [-0.05, 0) is 24.7 Å². The molecule has 28 heavy (non-hydrogen) atoms. The highest BCUT2D eigenvalue weighted by atomic mass is 32.2. The fourth-order valence-electron chi connectivity index (χ4n) is 3.76. The summed E-state index contributed by atoms with van der Waals surface area (Å²) in [6.45, 7) is 12.8. The molecule has 0 spiro atoms. The van der Waals surface area contributed by atoms with Crippen LogP contribution in [0.15, 0.2) is 5.16 Å². The van der Waals surface area contributed by atoms with E-state index < -0.39 is 0 Å². The highest BCUT2D eigenvalue weighted by Crippen LogP contribution is 2.42. The fourth-order valence-corrected chi connectivity index (χ4v) is 5.49. The Balaban J connectivity index is 1.61. The highest BCUT2D eigenvalue weighted by Gasteiger charge is 2.33. The zero-order valence-corrected chi connectivity index (χ0v) is 18.7. The molecule has 2 aromatic rings. The summed E-state index contributed by atoms with van der Waals surface area (Å²) in [5.74, 6) is 1.97. The molecule has 0 aliphatic carbocycles. The van der Waals surface area contributed by atoms with Gasteiger partial charge in [0, 0.05) is 37.5 Å². The molecular weight excluding hydrogens is 392 g/mol. The standard InChI is InChI=1S/C20H30N4O2S2/c1-4-20(3)12-14-15(13-26-20)28-18-16(14)17(22-19(23-18)27-5-2)21-6-7-24-8-10-25-11-9-24/h4-13H2,1-3H3,(H,21,22,23)/t20-/m1/s1. The van der Waals surface area contributed by atoms with Gasteiger partial charge in [0.1, 0.15) is 10.6 Å². The smallest absolute Gasteiger partial charge is 0.190 e. The molecule has 8 heteroatoms. The van der Waals surface area contributed by atoms with Gasteiger partial charge < -0.3 is 14.8 Å². The van der Waals surface area contributed by atoms with E-state index in [0.29, 0.717) is 6.61 Å². The molecule has 4 rings (SSSR count). The molecule has 1 fully saturated rings. The van der Waals surface area contributed by atoms with E-state index in [4.69, 9.17) is 19.4 Å². The largest absolute Gasteiger partial charge is 0.379 e. The molecule has 4 heterocycles. The molecule has 1 atom stereocenters. The van der Waals surface area contributed by atoms with E-state index in [1.807, 2.05) is 0 Å². The van der Waals surface area contributed by atoms with Crippen molar-refractivity contribution in [1.82, 2.24) is 14.9 Å². The van der Waals surface area contributed by atoms with Gasteiger partial charge in [-0.3, -0.25) is 4.90 Å². The third-order valence-corrected chi connectivity index (χ3v) is 7.49. The zero-order valence-electron chi connectivity index (χ0n) is 17.0. The minimum atomic E-state index is -0.0943. The molecule has 0 amide bonds. The summed E-state index contributed by atoms with van der Waals surface area (Å²) >= 11 is 3.47. The van der Waals surface area contributed by atoms with E-state index in [1.54, 1.807) is 23.1 Å². The van der Waals surface area contributed by atoms with Crippen LogP contribution in [0.25, 0.3) is 10.2 Å². The number of hydrogen-bond acceptors (Lipinski definition) is 8. The molecule has 6 nitrogen and oxygen atoms in total. The Hall–Kier alpha value is -0.930. The quantitative estimate of drug-likeness (QED) is 0.538. The SMILES string of the molecule is CCSc1nc(NCCN2CCOCC2)c2c3c(sc2n1)CO[C@](C)(CC)C3. The predicted octanol–water partition coefficient (Wildman–Crippen LogP) is 3.79. The lowest BCUT2D eigenvalue weighted by Crippen LogP contribution is -2.39. The van der Waals surface area contributed by atoms with E-state index in [2.05, 4.69) is 31.0 Å². The van der Waals surface area contributed by atoms with Crippen molar-refractivity contribution < 1.29 is 9.47 Å². The van der Waals surface area contributed by atoms with Crippen LogP contribution in [0.3, 0.4) is 0 Å². The van der Waals surface area contributed by atoms with Crippen LogP contribution >= 0.6 is 23.1 Å². The summed E-state index contributed by atoms with van der Waals surface area (Å²) in [5.41, 5.74) is 1.29. The van der Waals surface area contributed by atoms with Crippen LogP contribution in [0.2, 0.25) is 0 Å². The Kier molecular flexibility index (Phi) is 6.42. The Labute approximate surface area is 175 Å². The number of nitrogens with one attached hydrogen (secondary N) is 1. The van der Waals surface area contributed by atoms with E-state index in [9.17, 15) is 0 Å². The molecule has 0 unspecified atom stereocenters. The van der Waals surface area contributed by atoms with Crippen molar-refractivity contribution in [1.29, 1.82) is 0 Å². The third-order valence-electron chi connectivity index (χ3n) is 5.66. The van der Waals surface area contributed by atoms with Gasteiger partial charge in [-0.25, -0.2) is 9.97 Å². The van der Waals surface area contributed by atoms with E-state index >= 15 is 0 Å². The minimum Gasteiger partial charge on any atom is -0.379 e. The van der Waals surface area contributed by atoms with Crippen LogP contribution in [-0.2, 0) is 22.5 Å². The van der Waals surface area contributed by atoms with E-state index in [1.165, 1.54) is 15.8 Å². The number of anilines is 1. The maximum Gasteiger partial charge on any atom is 0.190 e. The van der Waals surface area contributed by atoms with Gasteiger partial charge in [0.15, 0.2) is 5.16 Å². The number of rotatable bonds is 7. The summed E-state index contributed by atoms with van der Waals surface area (Å²) in [5, 5.41) is 5.71. The maximum atomic E-state index is 6.17. The topological polar surface area (TPSA) is 59.5 Å². The van der Waals surface area contributed by atoms with Crippen molar-refractivity contribution in [3.8, 4) is 0 Å². The summed E-state index contributed by atoms with van der Waals surface area (Å²) in [7, 11) is 0. The normalized spacial score (nSPS) is 23.1. The van der Waals surface area contributed by atoms with Crippen molar-refractivity contribution in [3.05, 3.63) is 10.4 Å². The second-order valence-corrected chi connectivity index (χ2v) is 9.94. The first-order valence-corrected chi connectivity index (χ1v) is 12.0. The van der Waals surface area contributed by atoms with Crippen LogP contribution in [0.4, 0.5) is 5.82 Å². The van der Waals surface area contributed by atoms with Gasteiger partial charge in [-0.15, -0.1) is 11.3 Å². The van der Waals surface area contributed by atoms with E-state index in [0.717, 1.165) is 73.8 Å². The number of hydrogen-bond donors (Lipinski definition) is 1. The van der Waals surface area contributed by atoms with Crippen LogP contribution < -0.4 is 5.32 Å². The maximum absolute atomic E-state index is 6.17. The molecule has 1 saturated heterocycles. The van der Waals surface area contributed by atoms with Crippen LogP contribution in [0.5, 0.6) is 0 Å². The molecule has 2 aliphatic rings. The monoisotopic (exact) mass is 422 g/mol. The molecular formula is C20H30N4O2S2. The second kappa shape index (κ2) is 8.83. The van der Waals surface area contributed by atoms with Crippen molar-refractivity contribution in [2.75, 3.05) is 50.5 Å². The minimum absolute atomic E-state index is 0.0943. The molecule has 2 aliphatic heterocycles. The van der Waals surface area contributed by atoms with E-state index in [-0.39, 0.29) is 5.60 Å². The van der Waals surface area contributed by atoms with Crippen molar-refractivity contribution in [2.24, 2.45) is 0 Å². The zero-order chi connectivity index (χ0) is 19.6. The van der Waals surface area contributed by atoms with Crippen molar-refractivity contribution >= 4 is 39.1 Å². The second-order valence-electron chi connectivity index (χ2n) is 7.62. The number of morpholine rings is 1. The molecule has 0 saturated carbocycles. The molecule has 2 aromatic heterocycles. The molecule has 0 radical (unpaired) electrons. The lowest BCUT2D eigenvalue weighted by molar-refractivity contribution is -0.0542. The van der Waals surface area contributed by atoms with Gasteiger partial charge in [-0.2, -0.15) is 0 Å². The predicted molar refractivity (Wildman–Crippen MR) is 117 cm³/mol. The van der Waals surface area contributed by atoms with Crippen LogP contribution in [0, 0.1) is 0 Å². The first kappa shape index (κ1) is 20.3. The summed E-state index contributed by atoms with van der Waals surface area (Å²) < 4.78 is 11.6. The summed E-state index contributed by atoms with van der Waals surface area (Å²) in [6.07, 6.45) is 1.94.